The molecular formula is C15H22O2. The van der Waals surface area contributed by atoms with E-state index in [1.807, 2.05) is 6.07 Å². The predicted octanol–water partition coefficient (Wildman–Crippen LogP) is 2.70. The summed E-state index contributed by atoms with van der Waals surface area (Å²) < 4.78 is 0. The summed E-state index contributed by atoms with van der Waals surface area (Å²) in [6, 6.07) is 10.5. The topological polar surface area (TPSA) is 40.5 Å². The first kappa shape index (κ1) is 12.6. The molecule has 0 heterocycles. The van der Waals surface area contributed by atoms with Crippen LogP contribution in [0.5, 0.6) is 0 Å². The molecule has 2 nitrogen and oxygen atoms in total. The first-order valence-electron chi connectivity index (χ1n) is 6.58. The molecule has 0 radical (unpaired) electrons. The van der Waals surface area contributed by atoms with Gasteiger partial charge in [-0.2, -0.15) is 0 Å². The fourth-order valence-electron chi connectivity index (χ4n) is 2.97. The minimum Gasteiger partial charge on any atom is -0.393 e. The molecule has 0 amide bonds. The van der Waals surface area contributed by atoms with Gasteiger partial charge in [0.2, 0.25) is 0 Å². The number of aliphatic hydroxyl groups excluding tert-OH is 2. The van der Waals surface area contributed by atoms with E-state index in [0.29, 0.717) is 12.3 Å². The Hall–Kier alpha value is -0.860. The van der Waals surface area contributed by atoms with Crippen LogP contribution in [0.25, 0.3) is 0 Å². The van der Waals surface area contributed by atoms with Crippen molar-refractivity contribution < 1.29 is 10.2 Å². The predicted molar refractivity (Wildman–Crippen MR) is 68.8 cm³/mol. The number of benzene rings is 1. The van der Waals surface area contributed by atoms with Crippen LogP contribution in [0.2, 0.25) is 0 Å². The zero-order chi connectivity index (χ0) is 12.3. The molecule has 1 saturated carbocycles. The van der Waals surface area contributed by atoms with Crippen molar-refractivity contribution in [2.75, 3.05) is 0 Å². The summed E-state index contributed by atoms with van der Waals surface area (Å²) in [5.74, 6) is 0.789. The van der Waals surface area contributed by atoms with Crippen LogP contribution >= 0.6 is 0 Å². The SMILES string of the molecule is CC(O)CC1CC(c2ccccc2)CCC1O. The Balaban J connectivity index is 2.02. The average Bonchev–Trinajstić information content (AvgIpc) is 2.32. The van der Waals surface area contributed by atoms with Crippen LogP contribution in [0, 0.1) is 5.92 Å². The van der Waals surface area contributed by atoms with Gasteiger partial charge in [-0.3, -0.25) is 0 Å². The lowest BCUT2D eigenvalue weighted by Gasteiger charge is -2.34. The summed E-state index contributed by atoms with van der Waals surface area (Å²) in [5, 5.41) is 19.4. The second-order valence-electron chi connectivity index (χ2n) is 5.33. The average molecular weight is 234 g/mol. The maximum absolute atomic E-state index is 9.97. The molecule has 0 aliphatic heterocycles. The maximum Gasteiger partial charge on any atom is 0.0569 e. The molecule has 0 spiro atoms. The Labute approximate surface area is 103 Å². The molecule has 94 valence electrons. The quantitative estimate of drug-likeness (QED) is 0.844. The van der Waals surface area contributed by atoms with Crippen LogP contribution in [0.3, 0.4) is 0 Å². The van der Waals surface area contributed by atoms with E-state index in [9.17, 15) is 10.2 Å². The zero-order valence-corrected chi connectivity index (χ0v) is 10.4. The summed E-state index contributed by atoms with van der Waals surface area (Å²) in [4.78, 5) is 0. The Morgan fingerprint density at radius 3 is 2.59 bits per heavy atom. The summed E-state index contributed by atoms with van der Waals surface area (Å²) in [6.45, 7) is 1.80. The molecule has 2 rings (SSSR count). The second kappa shape index (κ2) is 5.65. The van der Waals surface area contributed by atoms with Gasteiger partial charge in [0.25, 0.3) is 0 Å². The molecule has 1 aromatic carbocycles. The Morgan fingerprint density at radius 1 is 1.24 bits per heavy atom. The third kappa shape index (κ3) is 3.30. The molecule has 17 heavy (non-hydrogen) atoms. The molecule has 1 aliphatic carbocycles. The molecular weight excluding hydrogens is 212 g/mol. The van der Waals surface area contributed by atoms with Crippen LogP contribution in [-0.4, -0.2) is 22.4 Å². The highest BCUT2D eigenvalue weighted by atomic mass is 16.3. The molecule has 0 aromatic heterocycles. The molecule has 2 heteroatoms. The highest BCUT2D eigenvalue weighted by Crippen LogP contribution is 2.38. The van der Waals surface area contributed by atoms with Gasteiger partial charge in [-0.25, -0.2) is 0 Å². The molecule has 0 bridgehead atoms. The first-order valence-corrected chi connectivity index (χ1v) is 6.58. The van der Waals surface area contributed by atoms with Gasteiger partial charge in [0.1, 0.15) is 0 Å². The highest BCUT2D eigenvalue weighted by Gasteiger charge is 2.30. The fourth-order valence-corrected chi connectivity index (χ4v) is 2.97. The van der Waals surface area contributed by atoms with Crippen molar-refractivity contribution in [2.24, 2.45) is 5.92 Å². The van der Waals surface area contributed by atoms with Crippen molar-refractivity contribution in [2.45, 2.75) is 50.7 Å². The molecule has 0 saturated heterocycles. The van der Waals surface area contributed by atoms with Gasteiger partial charge in [-0.15, -0.1) is 0 Å². The van der Waals surface area contributed by atoms with E-state index < -0.39 is 0 Å². The van der Waals surface area contributed by atoms with E-state index in [4.69, 9.17) is 0 Å². The number of aliphatic hydroxyl groups is 2. The van der Waals surface area contributed by atoms with Crippen molar-refractivity contribution in [3.8, 4) is 0 Å². The summed E-state index contributed by atoms with van der Waals surface area (Å²) in [5.41, 5.74) is 1.37. The second-order valence-corrected chi connectivity index (χ2v) is 5.33. The third-order valence-electron chi connectivity index (χ3n) is 3.86. The zero-order valence-electron chi connectivity index (χ0n) is 10.4. The largest absolute Gasteiger partial charge is 0.393 e. The van der Waals surface area contributed by atoms with Gasteiger partial charge in [0.15, 0.2) is 0 Å². The smallest absolute Gasteiger partial charge is 0.0569 e. The maximum atomic E-state index is 9.97. The Morgan fingerprint density at radius 2 is 1.94 bits per heavy atom. The van der Waals surface area contributed by atoms with Gasteiger partial charge < -0.3 is 10.2 Å². The lowest BCUT2D eigenvalue weighted by molar-refractivity contribution is 0.0317. The summed E-state index contributed by atoms with van der Waals surface area (Å²) in [6.07, 6.45) is 3.08. The standard InChI is InChI=1S/C15H22O2/c1-11(16)9-14-10-13(7-8-15(14)17)12-5-3-2-4-6-12/h2-6,11,13-17H,7-10H2,1H3. The number of rotatable bonds is 3. The third-order valence-corrected chi connectivity index (χ3v) is 3.86. The molecule has 1 fully saturated rings. The molecule has 4 unspecified atom stereocenters. The van der Waals surface area contributed by atoms with Crippen molar-refractivity contribution in [1.29, 1.82) is 0 Å². The lowest BCUT2D eigenvalue weighted by atomic mass is 9.74. The van der Waals surface area contributed by atoms with Gasteiger partial charge in [-0.05, 0) is 50.0 Å². The van der Waals surface area contributed by atoms with Crippen LogP contribution in [0.4, 0.5) is 0 Å². The van der Waals surface area contributed by atoms with Crippen LogP contribution in [0.1, 0.15) is 44.1 Å². The van der Waals surface area contributed by atoms with Crippen molar-refractivity contribution in [3.63, 3.8) is 0 Å². The minimum absolute atomic E-state index is 0.232. The van der Waals surface area contributed by atoms with E-state index in [-0.39, 0.29) is 18.1 Å². The first-order chi connectivity index (χ1) is 8.16. The number of hydrogen-bond acceptors (Lipinski definition) is 2. The summed E-state index contributed by atoms with van der Waals surface area (Å²) >= 11 is 0. The van der Waals surface area contributed by atoms with Gasteiger partial charge in [0, 0.05) is 0 Å². The van der Waals surface area contributed by atoms with Crippen molar-refractivity contribution >= 4 is 0 Å². The lowest BCUT2D eigenvalue weighted by Crippen LogP contribution is -2.30. The van der Waals surface area contributed by atoms with Crippen LogP contribution in [-0.2, 0) is 0 Å². The van der Waals surface area contributed by atoms with E-state index >= 15 is 0 Å². The van der Waals surface area contributed by atoms with Gasteiger partial charge in [0.05, 0.1) is 12.2 Å². The Bertz CT molecular complexity index is 334. The normalized spacial score (nSPS) is 31.1. The van der Waals surface area contributed by atoms with E-state index in [1.165, 1.54) is 5.56 Å². The van der Waals surface area contributed by atoms with E-state index in [2.05, 4.69) is 24.3 Å². The van der Waals surface area contributed by atoms with Gasteiger partial charge in [-0.1, -0.05) is 30.3 Å². The van der Waals surface area contributed by atoms with E-state index in [1.54, 1.807) is 6.92 Å². The van der Waals surface area contributed by atoms with E-state index in [0.717, 1.165) is 19.3 Å². The van der Waals surface area contributed by atoms with Gasteiger partial charge >= 0.3 is 0 Å². The molecule has 1 aliphatic rings. The molecule has 1 aromatic rings. The van der Waals surface area contributed by atoms with Crippen molar-refractivity contribution in [1.82, 2.24) is 0 Å². The monoisotopic (exact) mass is 234 g/mol. The molecule has 2 N–H and O–H groups in total. The number of hydrogen-bond donors (Lipinski definition) is 2. The van der Waals surface area contributed by atoms with Crippen LogP contribution in [0.15, 0.2) is 30.3 Å². The fraction of sp³-hybridized carbons (Fsp3) is 0.600. The highest BCUT2D eigenvalue weighted by molar-refractivity contribution is 5.20. The Kier molecular flexibility index (Phi) is 4.19. The summed E-state index contributed by atoms with van der Waals surface area (Å²) in [7, 11) is 0. The van der Waals surface area contributed by atoms with Crippen LogP contribution < -0.4 is 0 Å². The van der Waals surface area contributed by atoms with Crippen molar-refractivity contribution in [3.05, 3.63) is 35.9 Å². The molecule has 4 atom stereocenters. The minimum atomic E-state index is -0.316.